The Kier molecular flexibility index (Phi) is 5.05. The van der Waals surface area contributed by atoms with Crippen molar-refractivity contribution in [1.29, 1.82) is 0 Å². The number of fused-ring (bicyclic) bond motifs is 1. The third kappa shape index (κ3) is 3.24. The van der Waals surface area contributed by atoms with Gasteiger partial charge in [0.25, 0.3) is 5.91 Å². The van der Waals surface area contributed by atoms with Crippen LogP contribution in [0.5, 0.6) is 5.75 Å². The van der Waals surface area contributed by atoms with E-state index in [9.17, 15) is 4.79 Å². The Morgan fingerprint density at radius 3 is 3.11 bits per heavy atom. The second-order valence-corrected chi connectivity index (χ2v) is 7.76. The number of hydrogen-bond acceptors (Lipinski definition) is 4. The molecule has 0 radical (unpaired) electrons. The first-order valence-electron chi connectivity index (χ1n) is 9.33. The fraction of sp³-hybridized carbons (Fsp3) is 0.273. The van der Waals surface area contributed by atoms with Crippen molar-refractivity contribution in [3.63, 3.8) is 0 Å². The van der Waals surface area contributed by atoms with Gasteiger partial charge >= 0.3 is 0 Å². The number of carbonyl (C=O) groups is 1. The molecule has 6 heteroatoms. The molecule has 3 aromatic rings. The third-order valence-corrected chi connectivity index (χ3v) is 5.96. The smallest absolute Gasteiger partial charge is 0.272 e. The number of rotatable bonds is 5. The van der Waals surface area contributed by atoms with Crippen LogP contribution in [0.2, 0.25) is 0 Å². The number of ether oxygens (including phenoxy) is 1. The summed E-state index contributed by atoms with van der Waals surface area (Å²) in [5.74, 6) is 0.816. The lowest BCUT2D eigenvalue weighted by Crippen LogP contribution is -2.47. The first-order valence-corrected chi connectivity index (χ1v) is 10.2. The molecular formula is C22H23N3O2S. The molecule has 144 valence electrons. The van der Waals surface area contributed by atoms with E-state index in [4.69, 9.17) is 9.72 Å². The zero-order valence-corrected chi connectivity index (χ0v) is 16.9. The Labute approximate surface area is 168 Å². The SMILES string of the molecule is C=CC[C@@H]1CC=C[C@@H](C)N1C(=O)c1csc2nc(-c3cccc(OC)c3)cn12. The highest BCUT2D eigenvalue weighted by Gasteiger charge is 2.31. The van der Waals surface area contributed by atoms with Crippen LogP contribution in [-0.4, -0.2) is 39.4 Å². The fourth-order valence-electron chi connectivity index (χ4n) is 3.72. The second-order valence-electron chi connectivity index (χ2n) is 6.93. The molecule has 1 aliphatic rings. The number of nitrogens with zero attached hydrogens (tertiary/aromatic N) is 3. The molecule has 0 saturated carbocycles. The normalized spacial score (nSPS) is 19.1. The van der Waals surface area contributed by atoms with Crippen molar-refractivity contribution in [2.24, 2.45) is 0 Å². The van der Waals surface area contributed by atoms with Gasteiger partial charge in [-0.3, -0.25) is 9.20 Å². The van der Waals surface area contributed by atoms with Gasteiger partial charge in [0.05, 0.1) is 12.8 Å². The number of benzene rings is 1. The minimum absolute atomic E-state index is 0.0320. The summed E-state index contributed by atoms with van der Waals surface area (Å²) in [5, 5.41) is 1.90. The predicted molar refractivity (Wildman–Crippen MR) is 113 cm³/mol. The molecule has 28 heavy (non-hydrogen) atoms. The van der Waals surface area contributed by atoms with Gasteiger partial charge in [0, 0.05) is 29.2 Å². The topological polar surface area (TPSA) is 46.8 Å². The van der Waals surface area contributed by atoms with Gasteiger partial charge in [0.15, 0.2) is 4.96 Å². The number of carbonyl (C=O) groups excluding carboxylic acids is 1. The Bertz CT molecular complexity index is 1050. The Hall–Kier alpha value is -2.86. The minimum Gasteiger partial charge on any atom is -0.497 e. The van der Waals surface area contributed by atoms with E-state index in [2.05, 4.69) is 25.7 Å². The molecule has 1 aliphatic heterocycles. The monoisotopic (exact) mass is 393 g/mol. The summed E-state index contributed by atoms with van der Waals surface area (Å²) in [6.07, 6.45) is 9.71. The van der Waals surface area contributed by atoms with E-state index in [1.165, 1.54) is 11.3 Å². The number of methoxy groups -OCH3 is 1. The summed E-state index contributed by atoms with van der Waals surface area (Å²) in [6, 6.07) is 7.99. The average Bonchev–Trinajstić information content (AvgIpc) is 3.29. The highest BCUT2D eigenvalue weighted by molar-refractivity contribution is 7.15. The first kappa shape index (κ1) is 18.5. The number of hydrogen-bond donors (Lipinski definition) is 0. The summed E-state index contributed by atoms with van der Waals surface area (Å²) in [4.78, 5) is 20.9. The van der Waals surface area contributed by atoms with E-state index in [0.29, 0.717) is 5.69 Å². The van der Waals surface area contributed by atoms with Crippen LogP contribution in [-0.2, 0) is 0 Å². The lowest BCUT2D eigenvalue weighted by atomic mass is 10.00. The molecule has 1 aromatic carbocycles. The van der Waals surface area contributed by atoms with E-state index >= 15 is 0 Å². The standard InChI is InChI=1S/C22H23N3O2S/c1-4-7-17-10-5-8-15(2)25(17)21(26)20-14-28-22-23-19(13-24(20)22)16-9-6-11-18(12-16)27-3/h4-6,8-9,11-15,17H,1,7,10H2,2-3H3/t15-,17-/m1/s1. The van der Waals surface area contributed by atoms with E-state index in [1.807, 2.05) is 51.2 Å². The van der Waals surface area contributed by atoms with Crippen molar-refractivity contribution in [1.82, 2.24) is 14.3 Å². The van der Waals surface area contributed by atoms with Gasteiger partial charge in [0.1, 0.15) is 11.4 Å². The molecular weight excluding hydrogens is 370 g/mol. The van der Waals surface area contributed by atoms with Crippen LogP contribution in [0.1, 0.15) is 30.3 Å². The number of amides is 1. The maximum atomic E-state index is 13.4. The average molecular weight is 394 g/mol. The van der Waals surface area contributed by atoms with Gasteiger partial charge in [-0.05, 0) is 31.9 Å². The summed E-state index contributed by atoms with van der Waals surface area (Å²) in [7, 11) is 1.65. The zero-order valence-electron chi connectivity index (χ0n) is 16.0. The third-order valence-electron chi connectivity index (χ3n) is 5.12. The quantitative estimate of drug-likeness (QED) is 0.585. The Morgan fingerprint density at radius 1 is 1.46 bits per heavy atom. The molecule has 3 heterocycles. The largest absolute Gasteiger partial charge is 0.497 e. The molecule has 4 rings (SSSR count). The van der Waals surface area contributed by atoms with E-state index in [-0.39, 0.29) is 18.0 Å². The maximum Gasteiger partial charge on any atom is 0.272 e. The van der Waals surface area contributed by atoms with Crippen molar-refractivity contribution in [2.45, 2.75) is 31.8 Å². The minimum atomic E-state index is 0.0320. The van der Waals surface area contributed by atoms with Gasteiger partial charge in [-0.1, -0.05) is 30.4 Å². The molecule has 0 fully saturated rings. The van der Waals surface area contributed by atoms with Gasteiger partial charge in [-0.2, -0.15) is 0 Å². The fourth-order valence-corrected chi connectivity index (χ4v) is 4.56. The van der Waals surface area contributed by atoms with Gasteiger partial charge in [-0.15, -0.1) is 17.9 Å². The molecule has 2 atom stereocenters. The molecule has 0 saturated heterocycles. The zero-order chi connectivity index (χ0) is 19.7. The van der Waals surface area contributed by atoms with E-state index in [0.717, 1.165) is 34.8 Å². The number of imidazole rings is 1. The highest BCUT2D eigenvalue weighted by Crippen LogP contribution is 2.29. The van der Waals surface area contributed by atoms with Crippen LogP contribution < -0.4 is 4.74 Å². The van der Waals surface area contributed by atoms with Crippen molar-refractivity contribution >= 4 is 22.2 Å². The highest BCUT2D eigenvalue weighted by atomic mass is 32.1. The molecule has 2 aromatic heterocycles. The van der Waals surface area contributed by atoms with E-state index in [1.54, 1.807) is 7.11 Å². The summed E-state index contributed by atoms with van der Waals surface area (Å²) < 4.78 is 7.21. The molecule has 0 N–H and O–H groups in total. The lowest BCUT2D eigenvalue weighted by molar-refractivity contribution is 0.0615. The second kappa shape index (κ2) is 7.64. The molecule has 0 aliphatic carbocycles. The van der Waals surface area contributed by atoms with E-state index < -0.39 is 0 Å². The predicted octanol–water partition coefficient (Wildman–Crippen LogP) is 4.81. The number of thiazole rings is 1. The van der Waals surface area contributed by atoms with Crippen molar-refractivity contribution < 1.29 is 9.53 Å². The van der Waals surface area contributed by atoms with Crippen LogP contribution in [0.3, 0.4) is 0 Å². The van der Waals surface area contributed by atoms with Crippen molar-refractivity contribution in [3.05, 3.63) is 66.3 Å². The van der Waals surface area contributed by atoms with Crippen LogP contribution in [0, 0.1) is 0 Å². The van der Waals surface area contributed by atoms with Crippen LogP contribution in [0.25, 0.3) is 16.2 Å². The molecule has 0 spiro atoms. The molecule has 1 amide bonds. The van der Waals surface area contributed by atoms with Gasteiger partial charge in [-0.25, -0.2) is 4.98 Å². The van der Waals surface area contributed by atoms with Gasteiger partial charge in [0.2, 0.25) is 0 Å². The molecule has 5 nitrogen and oxygen atoms in total. The lowest BCUT2D eigenvalue weighted by Gasteiger charge is -2.37. The summed E-state index contributed by atoms with van der Waals surface area (Å²) >= 11 is 1.48. The molecule has 0 unspecified atom stereocenters. The van der Waals surface area contributed by atoms with Crippen LogP contribution >= 0.6 is 11.3 Å². The van der Waals surface area contributed by atoms with Crippen LogP contribution in [0.4, 0.5) is 0 Å². The number of aromatic nitrogens is 2. The first-order chi connectivity index (χ1) is 13.6. The van der Waals surface area contributed by atoms with Crippen molar-refractivity contribution in [2.75, 3.05) is 7.11 Å². The van der Waals surface area contributed by atoms with Gasteiger partial charge < -0.3 is 9.64 Å². The maximum absolute atomic E-state index is 13.4. The molecule has 0 bridgehead atoms. The Balaban J connectivity index is 1.71. The summed E-state index contributed by atoms with van der Waals surface area (Å²) in [5.41, 5.74) is 2.44. The van der Waals surface area contributed by atoms with Crippen LogP contribution in [0.15, 0.2) is 60.6 Å². The van der Waals surface area contributed by atoms with Crippen molar-refractivity contribution in [3.8, 4) is 17.0 Å². The Morgan fingerprint density at radius 2 is 2.32 bits per heavy atom. The summed E-state index contributed by atoms with van der Waals surface area (Å²) in [6.45, 7) is 5.91.